The normalized spacial score (nSPS) is 31.4. The van der Waals surface area contributed by atoms with E-state index in [1.54, 1.807) is 0 Å². The first kappa shape index (κ1) is 12.6. The molecule has 0 aromatic carbocycles. The van der Waals surface area contributed by atoms with Crippen LogP contribution in [-0.2, 0) is 7.05 Å². The molecule has 1 aliphatic carbocycles. The molecule has 0 amide bonds. The zero-order valence-corrected chi connectivity index (χ0v) is 11.5. The van der Waals surface area contributed by atoms with Gasteiger partial charge < -0.3 is 9.88 Å². The molecule has 3 heteroatoms. The van der Waals surface area contributed by atoms with E-state index in [-0.39, 0.29) is 0 Å². The highest BCUT2D eigenvalue weighted by Crippen LogP contribution is 2.39. The molecular weight excluding hydrogens is 210 g/mol. The Bertz CT molecular complexity index is 358. The van der Waals surface area contributed by atoms with Crippen LogP contribution in [0.3, 0.4) is 0 Å². The average molecular weight is 235 g/mol. The van der Waals surface area contributed by atoms with Crippen LogP contribution in [-0.4, -0.2) is 16.6 Å². The molecule has 1 saturated carbocycles. The molecule has 0 spiro atoms. The molecule has 1 aromatic rings. The maximum Gasteiger partial charge on any atom is 0.0946 e. The van der Waals surface area contributed by atoms with Gasteiger partial charge in [0.25, 0.3) is 0 Å². The molecule has 4 unspecified atom stereocenters. The van der Waals surface area contributed by atoms with Crippen molar-refractivity contribution in [1.29, 1.82) is 0 Å². The van der Waals surface area contributed by atoms with Crippen LogP contribution in [0.1, 0.15) is 44.8 Å². The number of aryl methyl sites for hydroxylation is 1. The van der Waals surface area contributed by atoms with E-state index >= 15 is 0 Å². The van der Waals surface area contributed by atoms with Gasteiger partial charge in [-0.25, -0.2) is 4.98 Å². The van der Waals surface area contributed by atoms with E-state index in [0.717, 1.165) is 17.8 Å². The Hall–Kier alpha value is -0.830. The molecule has 96 valence electrons. The number of rotatable bonds is 3. The molecule has 4 atom stereocenters. The summed E-state index contributed by atoms with van der Waals surface area (Å²) in [5.74, 6) is 2.48. The van der Waals surface area contributed by atoms with Crippen molar-refractivity contribution in [1.82, 2.24) is 14.9 Å². The first-order chi connectivity index (χ1) is 8.13. The van der Waals surface area contributed by atoms with Gasteiger partial charge in [-0.1, -0.05) is 20.3 Å². The maximum absolute atomic E-state index is 4.24. The van der Waals surface area contributed by atoms with E-state index in [4.69, 9.17) is 0 Å². The highest BCUT2D eigenvalue weighted by molar-refractivity contribution is 5.07. The Labute approximate surface area is 105 Å². The summed E-state index contributed by atoms with van der Waals surface area (Å²) >= 11 is 0. The molecule has 1 heterocycles. The van der Waals surface area contributed by atoms with Crippen LogP contribution in [0.25, 0.3) is 0 Å². The van der Waals surface area contributed by atoms with Gasteiger partial charge in [-0.05, 0) is 37.6 Å². The van der Waals surface area contributed by atoms with E-state index < -0.39 is 0 Å². The van der Waals surface area contributed by atoms with Gasteiger partial charge in [0, 0.05) is 13.2 Å². The Kier molecular flexibility index (Phi) is 3.87. The summed E-state index contributed by atoms with van der Waals surface area (Å²) in [6.45, 7) is 4.78. The summed E-state index contributed by atoms with van der Waals surface area (Å²) in [5.41, 5.74) is 1.32. The topological polar surface area (TPSA) is 29.9 Å². The lowest BCUT2D eigenvalue weighted by Gasteiger charge is -2.36. The number of nitrogens with one attached hydrogen (secondary N) is 1. The highest BCUT2D eigenvalue weighted by Gasteiger charge is 2.31. The van der Waals surface area contributed by atoms with Gasteiger partial charge >= 0.3 is 0 Å². The van der Waals surface area contributed by atoms with Crippen molar-refractivity contribution in [3.63, 3.8) is 0 Å². The van der Waals surface area contributed by atoms with Crippen molar-refractivity contribution in [3.8, 4) is 0 Å². The Morgan fingerprint density at radius 1 is 1.35 bits per heavy atom. The van der Waals surface area contributed by atoms with Crippen molar-refractivity contribution in [2.45, 2.75) is 39.2 Å². The fourth-order valence-corrected chi connectivity index (χ4v) is 3.18. The maximum atomic E-state index is 4.24. The van der Waals surface area contributed by atoms with Crippen LogP contribution in [0.5, 0.6) is 0 Å². The molecular formula is C14H25N3. The van der Waals surface area contributed by atoms with Crippen molar-refractivity contribution in [3.05, 3.63) is 18.2 Å². The summed E-state index contributed by atoms with van der Waals surface area (Å²) in [4.78, 5) is 4.24. The standard InChI is InChI=1S/C14H25N3/c1-10-5-6-12(7-11(10)2)14(15-3)13-8-16-9-17(13)4/h8-12,14-15H,5-7H2,1-4H3. The second kappa shape index (κ2) is 5.21. The van der Waals surface area contributed by atoms with E-state index in [1.165, 1.54) is 25.0 Å². The smallest absolute Gasteiger partial charge is 0.0946 e. The molecule has 3 nitrogen and oxygen atoms in total. The van der Waals surface area contributed by atoms with Crippen molar-refractivity contribution in [2.75, 3.05) is 7.05 Å². The van der Waals surface area contributed by atoms with Gasteiger partial charge in [0.2, 0.25) is 0 Å². The predicted molar refractivity (Wildman–Crippen MR) is 70.7 cm³/mol. The fourth-order valence-electron chi connectivity index (χ4n) is 3.18. The van der Waals surface area contributed by atoms with E-state index in [0.29, 0.717) is 6.04 Å². The summed E-state index contributed by atoms with van der Waals surface area (Å²) < 4.78 is 2.14. The number of imidazole rings is 1. The molecule has 2 rings (SSSR count). The third-order valence-corrected chi connectivity index (χ3v) is 4.59. The number of hydrogen-bond donors (Lipinski definition) is 1. The Balaban J connectivity index is 2.12. The number of aromatic nitrogens is 2. The van der Waals surface area contributed by atoms with Gasteiger partial charge in [-0.3, -0.25) is 0 Å². The predicted octanol–water partition coefficient (Wildman–Crippen LogP) is 2.75. The van der Waals surface area contributed by atoms with Gasteiger partial charge in [0.05, 0.1) is 18.1 Å². The third-order valence-electron chi connectivity index (χ3n) is 4.59. The van der Waals surface area contributed by atoms with Crippen LogP contribution in [0.2, 0.25) is 0 Å². The highest BCUT2D eigenvalue weighted by atomic mass is 15.1. The van der Waals surface area contributed by atoms with Crippen LogP contribution >= 0.6 is 0 Å². The summed E-state index contributed by atoms with van der Waals surface area (Å²) in [7, 11) is 4.15. The first-order valence-electron chi connectivity index (χ1n) is 6.77. The largest absolute Gasteiger partial charge is 0.336 e. The van der Waals surface area contributed by atoms with Crippen molar-refractivity contribution >= 4 is 0 Å². The van der Waals surface area contributed by atoms with Crippen LogP contribution in [0.4, 0.5) is 0 Å². The zero-order chi connectivity index (χ0) is 12.4. The minimum absolute atomic E-state index is 0.456. The number of hydrogen-bond acceptors (Lipinski definition) is 2. The van der Waals surface area contributed by atoms with E-state index in [2.05, 4.69) is 42.8 Å². The van der Waals surface area contributed by atoms with Crippen LogP contribution in [0.15, 0.2) is 12.5 Å². The minimum atomic E-state index is 0.456. The quantitative estimate of drug-likeness (QED) is 0.873. The SMILES string of the molecule is CNC(c1cncn1C)C1CCC(C)C(C)C1. The second-order valence-corrected chi connectivity index (χ2v) is 5.72. The van der Waals surface area contributed by atoms with Crippen molar-refractivity contribution in [2.24, 2.45) is 24.8 Å². The molecule has 1 fully saturated rings. The Morgan fingerprint density at radius 3 is 2.65 bits per heavy atom. The second-order valence-electron chi connectivity index (χ2n) is 5.72. The monoisotopic (exact) mass is 235 g/mol. The Morgan fingerprint density at radius 2 is 2.12 bits per heavy atom. The van der Waals surface area contributed by atoms with Crippen LogP contribution < -0.4 is 5.32 Å². The lowest BCUT2D eigenvalue weighted by molar-refractivity contribution is 0.172. The molecule has 0 bridgehead atoms. The lowest BCUT2D eigenvalue weighted by atomic mass is 9.72. The van der Waals surface area contributed by atoms with Crippen molar-refractivity contribution < 1.29 is 0 Å². The molecule has 1 aliphatic rings. The van der Waals surface area contributed by atoms with Gasteiger partial charge in [-0.15, -0.1) is 0 Å². The zero-order valence-electron chi connectivity index (χ0n) is 11.5. The van der Waals surface area contributed by atoms with E-state index in [1.807, 2.05) is 12.5 Å². The molecule has 1 aromatic heterocycles. The fraction of sp³-hybridized carbons (Fsp3) is 0.786. The summed E-state index contributed by atoms with van der Waals surface area (Å²) in [6, 6.07) is 0.456. The van der Waals surface area contributed by atoms with Gasteiger partial charge in [-0.2, -0.15) is 0 Å². The van der Waals surface area contributed by atoms with Gasteiger partial charge in [0.1, 0.15) is 0 Å². The minimum Gasteiger partial charge on any atom is -0.336 e. The van der Waals surface area contributed by atoms with E-state index in [9.17, 15) is 0 Å². The molecule has 0 saturated heterocycles. The average Bonchev–Trinajstić information content (AvgIpc) is 2.71. The van der Waals surface area contributed by atoms with Gasteiger partial charge in [0.15, 0.2) is 0 Å². The molecule has 1 N–H and O–H groups in total. The van der Waals surface area contributed by atoms with Crippen LogP contribution in [0, 0.1) is 17.8 Å². The summed E-state index contributed by atoms with van der Waals surface area (Å²) in [6.07, 6.45) is 7.93. The summed E-state index contributed by atoms with van der Waals surface area (Å²) in [5, 5.41) is 3.49. The molecule has 0 radical (unpaired) electrons. The lowest BCUT2D eigenvalue weighted by Crippen LogP contribution is -2.32. The molecule has 17 heavy (non-hydrogen) atoms. The molecule has 0 aliphatic heterocycles. The third kappa shape index (κ3) is 2.54. The number of nitrogens with zero attached hydrogens (tertiary/aromatic N) is 2. The first-order valence-corrected chi connectivity index (χ1v) is 6.77.